The van der Waals surface area contributed by atoms with Gasteiger partial charge >= 0.3 is 0 Å². The molecule has 0 aromatic carbocycles. The molecule has 2 aromatic heterocycles. The molecule has 2 rings (SSSR count). The fraction of sp³-hybridized carbons (Fsp3) is 0.438. The second-order valence-electron chi connectivity index (χ2n) is 6.24. The lowest BCUT2D eigenvalue weighted by Crippen LogP contribution is -2.44. The molecule has 0 aliphatic rings. The molecule has 0 radical (unpaired) electrons. The molecule has 0 aliphatic carbocycles. The number of fused-ring (bicyclic) bond motifs is 1. The molecular weight excluding hydrogens is 330 g/mol. The van der Waals surface area contributed by atoms with Gasteiger partial charge in [0.1, 0.15) is 4.83 Å². The Morgan fingerprint density at radius 2 is 2.26 bits per heavy atom. The lowest BCUT2D eigenvalue weighted by Gasteiger charge is -2.23. The number of carbonyl (C=O) groups is 1. The van der Waals surface area contributed by atoms with E-state index < -0.39 is 0 Å². The molecule has 0 bridgehead atoms. The van der Waals surface area contributed by atoms with Crippen LogP contribution in [0.3, 0.4) is 0 Å². The Labute approximate surface area is 143 Å². The highest BCUT2D eigenvalue weighted by molar-refractivity contribution is 8.00. The van der Waals surface area contributed by atoms with Crippen molar-refractivity contribution < 1.29 is 4.79 Å². The van der Waals surface area contributed by atoms with Crippen molar-refractivity contribution >= 4 is 39.2 Å². The minimum atomic E-state index is -0.352. The van der Waals surface area contributed by atoms with Gasteiger partial charge in [-0.05, 0) is 39.1 Å². The fourth-order valence-corrected chi connectivity index (χ4v) is 3.72. The molecule has 2 heterocycles. The zero-order chi connectivity index (χ0) is 17.2. The predicted octanol–water partition coefficient (Wildman–Crippen LogP) is 3.04. The highest BCUT2D eigenvalue weighted by atomic mass is 32.2. The van der Waals surface area contributed by atoms with Crippen LogP contribution in [0, 0.1) is 0 Å². The second-order valence-corrected chi connectivity index (χ2v) is 8.44. The van der Waals surface area contributed by atoms with Crippen LogP contribution in [0.5, 0.6) is 0 Å². The van der Waals surface area contributed by atoms with Gasteiger partial charge < -0.3 is 5.32 Å². The van der Waals surface area contributed by atoms with Crippen molar-refractivity contribution in [2.75, 3.05) is 0 Å². The van der Waals surface area contributed by atoms with Crippen molar-refractivity contribution in [3.8, 4) is 0 Å². The highest BCUT2D eigenvalue weighted by Gasteiger charge is 2.22. The molecule has 124 valence electrons. The van der Waals surface area contributed by atoms with Crippen LogP contribution in [-0.4, -0.2) is 26.2 Å². The van der Waals surface area contributed by atoms with Gasteiger partial charge in [-0.25, -0.2) is 4.98 Å². The Kier molecular flexibility index (Phi) is 5.31. The standard InChI is InChI=1S/C16H21N3O2S2/c1-6-8-19-14(21)11-7-9-22-13(11)17-15(19)23-10(2)12(20)18-16(3,4)5/h6-7,9-10H,1,8H2,2-5H3,(H,18,20). The first-order valence-corrected chi connectivity index (χ1v) is 9.06. The normalized spacial score (nSPS) is 13.0. The van der Waals surface area contributed by atoms with Crippen LogP contribution in [0.4, 0.5) is 0 Å². The summed E-state index contributed by atoms with van der Waals surface area (Å²) in [7, 11) is 0. The maximum atomic E-state index is 12.5. The summed E-state index contributed by atoms with van der Waals surface area (Å²) in [6.07, 6.45) is 1.66. The molecule has 0 spiro atoms. The van der Waals surface area contributed by atoms with Crippen LogP contribution in [-0.2, 0) is 11.3 Å². The molecule has 23 heavy (non-hydrogen) atoms. The topological polar surface area (TPSA) is 64.0 Å². The van der Waals surface area contributed by atoms with Crippen molar-refractivity contribution in [3.63, 3.8) is 0 Å². The third kappa shape index (κ3) is 4.23. The number of amides is 1. The maximum Gasteiger partial charge on any atom is 0.263 e. The van der Waals surface area contributed by atoms with Crippen LogP contribution in [0.2, 0.25) is 0 Å². The molecule has 2 aromatic rings. The highest BCUT2D eigenvalue weighted by Crippen LogP contribution is 2.25. The SMILES string of the molecule is C=CCn1c(SC(C)C(=O)NC(C)(C)C)nc2sccc2c1=O. The zero-order valence-corrected chi connectivity index (χ0v) is 15.4. The van der Waals surface area contributed by atoms with Gasteiger partial charge in [-0.2, -0.15) is 0 Å². The second kappa shape index (κ2) is 6.88. The van der Waals surface area contributed by atoms with E-state index in [0.717, 1.165) is 0 Å². The van der Waals surface area contributed by atoms with E-state index in [1.165, 1.54) is 23.1 Å². The van der Waals surface area contributed by atoms with E-state index in [0.29, 0.717) is 21.9 Å². The van der Waals surface area contributed by atoms with E-state index in [4.69, 9.17) is 0 Å². The molecule has 1 N–H and O–H groups in total. The fourth-order valence-electron chi connectivity index (χ4n) is 1.99. The molecule has 1 unspecified atom stereocenters. The third-order valence-electron chi connectivity index (χ3n) is 3.01. The Morgan fingerprint density at radius 3 is 2.87 bits per heavy atom. The quantitative estimate of drug-likeness (QED) is 0.511. The Balaban J connectivity index is 2.34. The molecule has 1 amide bonds. The molecule has 1 atom stereocenters. The van der Waals surface area contributed by atoms with E-state index >= 15 is 0 Å². The number of thioether (sulfide) groups is 1. The lowest BCUT2D eigenvalue weighted by molar-refractivity contribution is -0.121. The van der Waals surface area contributed by atoms with Crippen molar-refractivity contribution in [2.24, 2.45) is 0 Å². The maximum absolute atomic E-state index is 12.5. The average molecular weight is 351 g/mol. The van der Waals surface area contributed by atoms with Gasteiger partial charge in [0, 0.05) is 12.1 Å². The average Bonchev–Trinajstić information content (AvgIpc) is 2.89. The van der Waals surface area contributed by atoms with Crippen molar-refractivity contribution in [2.45, 2.75) is 50.2 Å². The summed E-state index contributed by atoms with van der Waals surface area (Å²) >= 11 is 2.71. The molecular formula is C16H21N3O2S2. The molecule has 0 saturated carbocycles. The molecule has 0 saturated heterocycles. The van der Waals surface area contributed by atoms with Gasteiger partial charge in [0.2, 0.25) is 5.91 Å². The van der Waals surface area contributed by atoms with Gasteiger partial charge in [-0.15, -0.1) is 17.9 Å². The molecule has 0 fully saturated rings. The molecule has 7 heteroatoms. The summed E-state index contributed by atoms with van der Waals surface area (Å²) < 4.78 is 1.56. The monoisotopic (exact) mass is 351 g/mol. The number of hydrogen-bond donors (Lipinski definition) is 1. The number of aromatic nitrogens is 2. The lowest BCUT2D eigenvalue weighted by atomic mass is 10.1. The van der Waals surface area contributed by atoms with E-state index in [2.05, 4.69) is 16.9 Å². The number of carbonyl (C=O) groups excluding carboxylic acids is 1. The van der Waals surface area contributed by atoms with Gasteiger partial charge in [0.05, 0.1) is 10.6 Å². The zero-order valence-electron chi connectivity index (χ0n) is 13.8. The van der Waals surface area contributed by atoms with Crippen molar-refractivity contribution in [3.05, 3.63) is 34.5 Å². The third-order valence-corrected chi connectivity index (χ3v) is 4.91. The minimum absolute atomic E-state index is 0.0758. The molecule has 5 nitrogen and oxygen atoms in total. The number of nitrogens with zero attached hydrogens (tertiary/aromatic N) is 2. The summed E-state index contributed by atoms with van der Waals surface area (Å²) in [4.78, 5) is 30.1. The van der Waals surface area contributed by atoms with Gasteiger partial charge in [-0.1, -0.05) is 17.8 Å². The van der Waals surface area contributed by atoms with Crippen LogP contribution in [0.15, 0.2) is 34.1 Å². The van der Waals surface area contributed by atoms with E-state index in [1.54, 1.807) is 16.7 Å². The van der Waals surface area contributed by atoms with E-state index in [1.807, 2.05) is 33.1 Å². The smallest absolute Gasteiger partial charge is 0.263 e. The summed E-state index contributed by atoms with van der Waals surface area (Å²) in [6, 6.07) is 1.78. The first-order valence-electron chi connectivity index (χ1n) is 7.30. The molecule has 0 aliphatic heterocycles. The number of thiophene rings is 1. The van der Waals surface area contributed by atoms with Gasteiger partial charge in [0.15, 0.2) is 5.16 Å². The largest absolute Gasteiger partial charge is 0.351 e. The Hall–Kier alpha value is -1.60. The van der Waals surface area contributed by atoms with Crippen LogP contribution >= 0.6 is 23.1 Å². The van der Waals surface area contributed by atoms with Gasteiger partial charge in [-0.3, -0.25) is 14.2 Å². The van der Waals surface area contributed by atoms with Crippen LogP contribution in [0.1, 0.15) is 27.7 Å². The summed E-state index contributed by atoms with van der Waals surface area (Å²) in [5, 5.41) is 5.59. The van der Waals surface area contributed by atoms with Crippen molar-refractivity contribution in [1.82, 2.24) is 14.9 Å². The summed E-state index contributed by atoms with van der Waals surface area (Å²) in [6.45, 7) is 11.7. The Bertz CT molecular complexity index is 787. The predicted molar refractivity (Wildman–Crippen MR) is 97.3 cm³/mol. The van der Waals surface area contributed by atoms with Crippen LogP contribution in [0.25, 0.3) is 10.2 Å². The number of allylic oxidation sites excluding steroid dienone is 1. The summed E-state index contributed by atoms with van der Waals surface area (Å²) in [5.41, 5.74) is -0.389. The van der Waals surface area contributed by atoms with E-state index in [-0.39, 0.29) is 22.3 Å². The first kappa shape index (κ1) is 17.7. The number of nitrogens with one attached hydrogen (secondary N) is 1. The van der Waals surface area contributed by atoms with Crippen molar-refractivity contribution in [1.29, 1.82) is 0 Å². The van der Waals surface area contributed by atoms with Gasteiger partial charge in [0.25, 0.3) is 5.56 Å². The number of rotatable bonds is 5. The van der Waals surface area contributed by atoms with E-state index in [9.17, 15) is 9.59 Å². The first-order chi connectivity index (χ1) is 10.7. The number of hydrogen-bond acceptors (Lipinski definition) is 5. The minimum Gasteiger partial charge on any atom is -0.351 e. The Morgan fingerprint density at radius 1 is 1.57 bits per heavy atom. The van der Waals surface area contributed by atoms with Crippen LogP contribution < -0.4 is 10.9 Å². The summed E-state index contributed by atoms with van der Waals surface area (Å²) in [5.74, 6) is -0.0758.